The lowest BCUT2D eigenvalue weighted by Gasteiger charge is -2.35. The molecule has 0 unspecified atom stereocenters. The molecule has 0 aliphatic heterocycles. The Morgan fingerprint density at radius 2 is 2.11 bits per heavy atom. The predicted octanol–water partition coefficient (Wildman–Crippen LogP) is 1.15. The first-order chi connectivity index (χ1) is 8.76. The summed E-state index contributed by atoms with van der Waals surface area (Å²) in [4.78, 5) is 11.9. The number of hydrogen-bond acceptors (Lipinski definition) is 4. The van der Waals surface area contributed by atoms with Crippen molar-refractivity contribution in [1.29, 1.82) is 0 Å². The van der Waals surface area contributed by atoms with Crippen molar-refractivity contribution in [3.05, 3.63) is 24.0 Å². The first-order valence-corrected chi connectivity index (χ1v) is 6.42. The Morgan fingerprint density at radius 3 is 2.72 bits per heavy atom. The summed E-state index contributed by atoms with van der Waals surface area (Å²) in [6, 6.07) is 1.63. The fourth-order valence-electron chi connectivity index (χ4n) is 2.49. The zero-order valence-electron chi connectivity index (χ0n) is 10.4. The van der Waals surface area contributed by atoms with Crippen molar-refractivity contribution in [1.82, 2.24) is 15.5 Å². The maximum atomic E-state index is 11.9. The van der Waals surface area contributed by atoms with E-state index in [9.17, 15) is 9.90 Å². The Bertz CT molecular complexity index is 388. The second kappa shape index (κ2) is 5.91. The molecule has 5 nitrogen and oxygen atoms in total. The van der Waals surface area contributed by atoms with Gasteiger partial charge in [-0.15, -0.1) is 0 Å². The normalized spacial score (nSPS) is 18.3. The summed E-state index contributed by atoms with van der Waals surface area (Å²) in [6.07, 6.45) is 8.40. The molecule has 5 heteroatoms. The van der Waals surface area contributed by atoms with E-state index >= 15 is 0 Å². The first-order valence-electron chi connectivity index (χ1n) is 6.42. The summed E-state index contributed by atoms with van der Waals surface area (Å²) in [5, 5.41) is 19.8. The quantitative estimate of drug-likeness (QED) is 0.839. The fraction of sp³-hybridized carbons (Fsp3) is 0.615. The van der Waals surface area contributed by atoms with Crippen LogP contribution >= 0.6 is 0 Å². The van der Waals surface area contributed by atoms with Gasteiger partial charge in [-0.2, -0.15) is 10.2 Å². The van der Waals surface area contributed by atoms with Gasteiger partial charge in [0.1, 0.15) is 0 Å². The van der Waals surface area contributed by atoms with Gasteiger partial charge in [-0.25, -0.2) is 0 Å². The summed E-state index contributed by atoms with van der Waals surface area (Å²) >= 11 is 0. The molecule has 0 atom stereocenters. The number of hydrogen-bond donors (Lipinski definition) is 2. The van der Waals surface area contributed by atoms with Crippen LogP contribution in [0.15, 0.2) is 18.5 Å². The van der Waals surface area contributed by atoms with Crippen molar-refractivity contribution in [2.24, 2.45) is 5.41 Å². The Hall–Kier alpha value is -1.49. The zero-order chi connectivity index (χ0) is 12.8. The molecule has 98 valence electrons. The van der Waals surface area contributed by atoms with E-state index < -0.39 is 0 Å². The van der Waals surface area contributed by atoms with Crippen molar-refractivity contribution in [2.75, 3.05) is 13.2 Å². The molecule has 0 aromatic carbocycles. The largest absolute Gasteiger partial charge is 0.396 e. The van der Waals surface area contributed by atoms with Gasteiger partial charge in [-0.1, -0.05) is 19.3 Å². The molecule has 1 aliphatic carbocycles. The molecule has 18 heavy (non-hydrogen) atoms. The average Bonchev–Trinajstić information content (AvgIpc) is 2.47. The topological polar surface area (TPSA) is 75.1 Å². The van der Waals surface area contributed by atoms with Gasteiger partial charge in [-0.3, -0.25) is 4.79 Å². The highest BCUT2D eigenvalue weighted by atomic mass is 16.3. The van der Waals surface area contributed by atoms with E-state index in [0.717, 1.165) is 25.7 Å². The maximum absolute atomic E-state index is 11.9. The van der Waals surface area contributed by atoms with Gasteiger partial charge in [0.2, 0.25) is 0 Å². The molecule has 1 aliphatic rings. The number of rotatable bonds is 4. The second-order valence-corrected chi connectivity index (χ2v) is 5.03. The highest BCUT2D eigenvalue weighted by Crippen LogP contribution is 2.35. The van der Waals surface area contributed by atoms with Crippen molar-refractivity contribution in [2.45, 2.75) is 32.1 Å². The van der Waals surface area contributed by atoms with E-state index in [-0.39, 0.29) is 17.9 Å². The molecule has 0 saturated heterocycles. The van der Waals surface area contributed by atoms with Crippen LogP contribution in [0, 0.1) is 5.41 Å². The monoisotopic (exact) mass is 249 g/mol. The number of carbonyl (C=O) groups is 1. The van der Waals surface area contributed by atoms with Crippen molar-refractivity contribution in [3.63, 3.8) is 0 Å². The molecule has 1 aromatic heterocycles. The van der Waals surface area contributed by atoms with E-state index in [1.54, 1.807) is 6.07 Å². The van der Waals surface area contributed by atoms with Gasteiger partial charge >= 0.3 is 0 Å². The van der Waals surface area contributed by atoms with Gasteiger partial charge in [0, 0.05) is 12.0 Å². The van der Waals surface area contributed by atoms with E-state index in [2.05, 4.69) is 15.5 Å². The molecule has 2 rings (SSSR count). The standard InChI is InChI=1S/C13H19N3O2/c17-10-13(5-2-1-3-6-13)9-14-12(18)11-4-7-15-16-8-11/h4,7-8,17H,1-3,5-6,9-10H2,(H,14,18). The minimum absolute atomic E-state index is 0.131. The summed E-state index contributed by atoms with van der Waals surface area (Å²) in [6.45, 7) is 0.673. The zero-order valence-corrected chi connectivity index (χ0v) is 10.4. The van der Waals surface area contributed by atoms with Crippen molar-refractivity contribution >= 4 is 5.91 Å². The molecule has 0 bridgehead atoms. The van der Waals surface area contributed by atoms with Crippen LogP contribution in [0.2, 0.25) is 0 Å². The van der Waals surface area contributed by atoms with Crippen molar-refractivity contribution < 1.29 is 9.90 Å². The lowest BCUT2D eigenvalue weighted by atomic mass is 9.74. The number of nitrogens with one attached hydrogen (secondary N) is 1. The van der Waals surface area contributed by atoms with Crippen LogP contribution in [-0.4, -0.2) is 34.4 Å². The highest BCUT2D eigenvalue weighted by Gasteiger charge is 2.31. The SMILES string of the molecule is O=C(NCC1(CO)CCCCC1)c1ccnnc1. The summed E-state index contributed by atoms with van der Waals surface area (Å²) in [5.74, 6) is -0.150. The molecule has 0 radical (unpaired) electrons. The fourth-order valence-corrected chi connectivity index (χ4v) is 2.49. The van der Waals surface area contributed by atoms with E-state index in [4.69, 9.17) is 0 Å². The molecule has 1 aromatic rings. The number of carbonyl (C=O) groups excluding carboxylic acids is 1. The van der Waals surface area contributed by atoms with E-state index in [1.807, 2.05) is 0 Å². The third kappa shape index (κ3) is 3.04. The van der Waals surface area contributed by atoms with Crippen LogP contribution in [0.3, 0.4) is 0 Å². The predicted molar refractivity (Wildman–Crippen MR) is 67.0 cm³/mol. The van der Waals surface area contributed by atoms with Crippen LogP contribution in [0.5, 0.6) is 0 Å². The second-order valence-electron chi connectivity index (χ2n) is 5.03. The molecule has 1 fully saturated rings. The first kappa shape index (κ1) is 13.0. The van der Waals surface area contributed by atoms with Crippen LogP contribution in [-0.2, 0) is 0 Å². The van der Waals surface area contributed by atoms with Gasteiger partial charge in [0.25, 0.3) is 5.91 Å². The Balaban J connectivity index is 1.92. The maximum Gasteiger partial charge on any atom is 0.252 e. The number of aliphatic hydroxyl groups is 1. The number of aliphatic hydroxyl groups excluding tert-OH is 1. The molecular formula is C13H19N3O2. The minimum Gasteiger partial charge on any atom is -0.396 e. The molecule has 1 amide bonds. The minimum atomic E-state index is -0.150. The molecular weight excluding hydrogens is 230 g/mol. The van der Waals surface area contributed by atoms with Gasteiger partial charge < -0.3 is 10.4 Å². The van der Waals surface area contributed by atoms with Crippen LogP contribution in [0.25, 0.3) is 0 Å². The van der Waals surface area contributed by atoms with Crippen LogP contribution < -0.4 is 5.32 Å². The third-order valence-electron chi connectivity index (χ3n) is 3.72. The Labute approximate surface area is 107 Å². The highest BCUT2D eigenvalue weighted by molar-refractivity contribution is 5.93. The van der Waals surface area contributed by atoms with Gasteiger partial charge in [0.05, 0.1) is 24.6 Å². The van der Waals surface area contributed by atoms with Crippen molar-refractivity contribution in [3.8, 4) is 0 Å². The van der Waals surface area contributed by atoms with Crippen LogP contribution in [0.4, 0.5) is 0 Å². The molecule has 2 N–H and O–H groups in total. The third-order valence-corrected chi connectivity index (χ3v) is 3.72. The van der Waals surface area contributed by atoms with Gasteiger partial charge in [-0.05, 0) is 18.9 Å². The molecule has 1 heterocycles. The Morgan fingerprint density at radius 1 is 1.33 bits per heavy atom. The smallest absolute Gasteiger partial charge is 0.252 e. The van der Waals surface area contributed by atoms with E-state index in [1.165, 1.54) is 18.8 Å². The van der Waals surface area contributed by atoms with E-state index in [0.29, 0.717) is 12.1 Å². The number of aromatic nitrogens is 2. The summed E-state index contributed by atoms with van der Waals surface area (Å²) in [7, 11) is 0. The number of amides is 1. The van der Waals surface area contributed by atoms with Gasteiger partial charge in [0.15, 0.2) is 0 Å². The summed E-state index contributed by atoms with van der Waals surface area (Å²) in [5.41, 5.74) is 0.378. The lowest BCUT2D eigenvalue weighted by molar-refractivity contribution is 0.0718. The Kier molecular flexibility index (Phi) is 4.25. The number of nitrogens with zero attached hydrogens (tertiary/aromatic N) is 2. The lowest BCUT2D eigenvalue weighted by Crippen LogP contribution is -2.41. The summed E-state index contributed by atoms with van der Waals surface area (Å²) < 4.78 is 0. The average molecular weight is 249 g/mol. The molecule has 0 spiro atoms. The molecule has 1 saturated carbocycles. The van der Waals surface area contributed by atoms with Crippen LogP contribution in [0.1, 0.15) is 42.5 Å².